The lowest BCUT2D eigenvalue weighted by atomic mass is 9.96. The number of hydrogen-bond donors (Lipinski definition) is 1. The third kappa shape index (κ3) is 3.44. The average Bonchev–Trinajstić information content (AvgIpc) is 2.24. The van der Waals surface area contributed by atoms with Crippen LogP contribution < -0.4 is 5.73 Å². The van der Waals surface area contributed by atoms with E-state index in [1.165, 1.54) is 6.42 Å². The fourth-order valence-electron chi connectivity index (χ4n) is 2.29. The maximum Gasteiger partial charge on any atom is 0.232 e. The van der Waals surface area contributed by atoms with Gasteiger partial charge >= 0.3 is 0 Å². The molecule has 2 atom stereocenters. The van der Waals surface area contributed by atoms with E-state index < -0.39 is 0 Å². The molecule has 0 aromatic heterocycles. The predicted octanol–water partition coefficient (Wildman–Crippen LogP) is 1.95. The highest BCUT2D eigenvalue weighted by Crippen LogP contribution is 2.19. The fourth-order valence-corrected chi connectivity index (χ4v) is 2.50. The number of hydrogen-bond acceptors (Lipinski definition) is 2. The number of nitrogens with zero attached hydrogens (tertiary/aromatic N) is 1. The quantitative estimate of drug-likeness (QED) is 0.766. The molecule has 1 fully saturated rings. The van der Waals surface area contributed by atoms with Crippen LogP contribution in [0.15, 0.2) is 0 Å². The number of piperidine rings is 1. The largest absolute Gasteiger partial charge is 0.393 e. The minimum Gasteiger partial charge on any atom is -0.393 e. The van der Waals surface area contributed by atoms with Gasteiger partial charge in [0.2, 0.25) is 5.91 Å². The molecule has 2 N–H and O–H groups in total. The third-order valence-corrected chi connectivity index (χ3v) is 3.47. The predicted molar refractivity (Wildman–Crippen MR) is 70.2 cm³/mol. The summed E-state index contributed by atoms with van der Waals surface area (Å²) in [7, 11) is 0. The number of likely N-dealkylation sites (tertiary alicyclic amines) is 1. The number of rotatable bonds is 4. The molecule has 0 aromatic rings. The van der Waals surface area contributed by atoms with Gasteiger partial charge in [0.1, 0.15) is 0 Å². The molecule has 0 radical (unpaired) electrons. The van der Waals surface area contributed by atoms with Crippen LogP contribution in [0.2, 0.25) is 0 Å². The molecule has 0 aliphatic carbocycles. The van der Waals surface area contributed by atoms with Crippen LogP contribution in [0.25, 0.3) is 0 Å². The van der Waals surface area contributed by atoms with Crippen LogP contribution in [0.5, 0.6) is 0 Å². The van der Waals surface area contributed by atoms with E-state index >= 15 is 0 Å². The summed E-state index contributed by atoms with van der Waals surface area (Å²) < 4.78 is 0. The zero-order valence-electron chi connectivity index (χ0n) is 10.2. The Balaban J connectivity index is 2.62. The van der Waals surface area contributed by atoms with E-state index in [1.54, 1.807) is 0 Å². The van der Waals surface area contributed by atoms with Crippen molar-refractivity contribution >= 4 is 23.1 Å². The molecule has 2 unspecified atom stereocenters. The Hall–Kier alpha value is -0.640. The first-order chi connectivity index (χ1) is 7.56. The zero-order chi connectivity index (χ0) is 12.1. The Labute approximate surface area is 103 Å². The van der Waals surface area contributed by atoms with Gasteiger partial charge in [0.15, 0.2) is 0 Å². The highest BCUT2D eigenvalue weighted by atomic mass is 32.1. The van der Waals surface area contributed by atoms with Crippen LogP contribution in [-0.2, 0) is 4.79 Å². The number of carbonyl (C=O) groups is 1. The third-order valence-electron chi connectivity index (χ3n) is 3.19. The molecule has 0 aromatic carbocycles. The topological polar surface area (TPSA) is 46.3 Å². The van der Waals surface area contributed by atoms with E-state index in [4.69, 9.17) is 18.0 Å². The molecule has 1 aliphatic heterocycles. The smallest absolute Gasteiger partial charge is 0.232 e. The first-order valence-corrected chi connectivity index (χ1v) is 6.55. The van der Waals surface area contributed by atoms with E-state index in [0.29, 0.717) is 10.9 Å². The van der Waals surface area contributed by atoms with Crippen LogP contribution in [0, 0.1) is 11.8 Å². The van der Waals surface area contributed by atoms with Crippen molar-refractivity contribution in [3.8, 4) is 0 Å². The average molecular weight is 242 g/mol. The Bertz CT molecular complexity index is 268. The summed E-state index contributed by atoms with van der Waals surface area (Å²) in [5.74, 6) is 0.498. The second-order valence-electron chi connectivity index (χ2n) is 4.78. The highest BCUT2D eigenvalue weighted by Gasteiger charge is 2.28. The van der Waals surface area contributed by atoms with Gasteiger partial charge in [0.05, 0.1) is 10.9 Å². The molecular formula is C12H22N2OS. The maximum absolute atomic E-state index is 12.2. The van der Waals surface area contributed by atoms with Crippen molar-refractivity contribution in [1.29, 1.82) is 0 Å². The summed E-state index contributed by atoms with van der Waals surface area (Å²) in [6, 6.07) is 0. The molecule has 1 amide bonds. The summed E-state index contributed by atoms with van der Waals surface area (Å²) in [6.45, 7) is 5.97. The van der Waals surface area contributed by atoms with Crippen molar-refractivity contribution in [2.45, 2.75) is 39.5 Å². The Kier molecular flexibility index (Phi) is 5.19. The maximum atomic E-state index is 12.2. The van der Waals surface area contributed by atoms with E-state index in [1.807, 2.05) is 4.90 Å². The van der Waals surface area contributed by atoms with Crippen LogP contribution in [0.3, 0.4) is 0 Å². The minimum absolute atomic E-state index is 0.140. The van der Waals surface area contributed by atoms with Gasteiger partial charge in [0, 0.05) is 13.1 Å². The first-order valence-electron chi connectivity index (χ1n) is 6.14. The Morgan fingerprint density at radius 3 is 2.81 bits per heavy atom. The van der Waals surface area contributed by atoms with Gasteiger partial charge in [-0.3, -0.25) is 4.79 Å². The van der Waals surface area contributed by atoms with E-state index in [0.717, 1.165) is 32.4 Å². The van der Waals surface area contributed by atoms with Crippen LogP contribution in [0.4, 0.5) is 0 Å². The number of thiocarbonyl (C=S) groups is 1. The van der Waals surface area contributed by atoms with E-state index in [2.05, 4.69) is 13.8 Å². The summed E-state index contributed by atoms with van der Waals surface area (Å²) in [5, 5.41) is 0. The minimum atomic E-state index is -0.245. The van der Waals surface area contributed by atoms with Crippen LogP contribution in [-0.4, -0.2) is 28.9 Å². The standard InChI is InChI=1S/C12H22N2OS/c1-3-5-10(11(13)16)12(15)14-7-4-6-9(2)8-14/h9-10H,3-8H2,1-2H3,(H2,13,16). The summed E-state index contributed by atoms with van der Waals surface area (Å²) in [5.41, 5.74) is 5.65. The second-order valence-corrected chi connectivity index (χ2v) is 5.25. The summed E-state index contributed by atoms with van der Waals surface area (Å²) in [6.07, 6.45) is 4.04. The molecule has 1 heterocycles. The van der Waals surface area contributed by atoms with Gasteiger partial charge in [-0.1, -0.05) is 32.5 Å². The van der Waals surface area contributed by atoms with Gasteiger partial charge in [-0.2, -0.15) is 0 Å². The summed E-state index contributed by atoms with van der Waals surface area (Å²) >= 11 is 4.99. The zero-order valence-corrected chi connectivity index (χ0v) is 11.1. The SMILES string of the molecule is CCCC(C(=O)N1CCCC(C)C1)C(N)=S. The molecule has 1 rings (SSSR count). The van der Waals surface area contributed by atoms with E-state index in [9.17, 15) is 4.79 Å². The molecule has 16 heavy (non-hydrogen) atoms. The normalized spacial score (nSPS) is 22.9. The van der Waals surface area contributed by atoms with Crippen molar-refractivity contribution in [2.75, 3.05) is 13.1 Å². The molecule has 0 bridgehead atoms. The second kappa shape index (κ2) is 6.18. The molecule has 4 heteroatoms. The van der Waals surface area contributed by atoms with Crippen molar-refractivity contribution < 1.29 is 4.79 Å². The van der Waals surface area contributed by atoms with Crippen LogP contribution in [0.1, 0.15) is 39.5 Å². The molecule has 92 valence electrons. The van der Waals surface area contributed by atoms with Crippen LogP contribution >= 0.6 is 12.2 Å². The Morgan fingerprint density at radius 1 is 1.62 bits per heavy atom. The van der Waals surface area contributed by atoms with Crippen molar-refractivity contribution in [3.05, 3.63) is 0 Å². The van der Waals surface area contributed by atoms with Gasteiger partial charge in [0.25, 0.3) is 0 Å². The molecule has 1 saturated heterocycles. The molecular weight excluding hydrogens is 220 g/mol. The first kappa shape index (κ1) is 13.4. The monoisotopic (exact) mass is 242 g/mol. The van der Waals surface area contributed by atoms with Gasteiger partial charge in [-0.15, -0.1) is 0 Å². The van der Waals surface area contributed by atoms with Crippen molar-refractivity contribution in [3.63, 3.8) is 0 Å². The Morgan fingerprint density at radius 2 is 2.31 bits per heavy atom. The number of carbonyl (C=O) groups excluding carboxylic acids is 1. The molecule has 1 aliphatic rings. The van der Waals surface area contributed by atoms with E-state index in [-0.39, 0.29) is 11.8 Å². The molecule has 0 saturated carbocycles. The van der Waals surface area contributed by atoms with Gasteiger partial charge in [-0.25, -0.2) is 0 Å². The number of amides is 1. The lowest BCUT2D eigenvalue weighted by Gasteiger charge is -2.33. The fraction of sp³-hybridized carbons (Fsp3) is 0.833. The van der Waals surface area contributed by atoms with Crippen molar-refractivity contribution in [2.24, 2.45) is 17.6 Å². The molecule has 3 nitrogen and oxygen atoms in total. The lowest BCUT2D eigenvalue weighted by Crippen LogP contribution is -2.45. The highest BCUT2D eigenvalue weighted by molar-refractivity contribution is 7.80. The molecule has 0 spiro atoms. The van der Waals surface area contributed by atoms with Gasteiger partial charge in [-0.05, 0) is 25.2 Å². The lowest BCUT2D eigenvalue weighted by molar-refractivity contribution is -0.135. The summed E-state index contributed by atoms with van der Waals surface area (Å²) in [4.78, 5) is 14.5. The van der Waals surface area contributed by atoms with Crippen molar-refractivity contribution in [1.82, 2.24) is 4.90 Å². The number of nitrogens with two attached hydrogens (primary N) is 1. The van der Waals surface area contributed by atoms with Gasteiger partial charge < -0.3 is 10.6 Å².